The maximum Gasteiger partial charge on any atom is 0.119 e. The van der Waals surface area contributed by atoms with Gasteiger partial charge in [0.15, 0.2) is 0 Å². The lowest BCUT2D eigenvalue weighted by molar-refractivity contribution is 0.175. The molecule has 0 amide bonds. The van der Waals surface area contributed by atoms with Gasteiger partial charge in [0.25, 0.3) is 0 Å². The molecule has 0 bridgehead atoms. The van der Waals surface area contributed by atoms with Crippen LogP contribution in [0.4, 0.5) is 5.69 Å². The van der Waals surface area contributed by atoms with Gasteiger partial charge in [-0.1, -0.05) is 6.92 Å². The predicted molar refractivity (Wildman–Crippen MR) is 84.5 cm³/mol. The van der Waals surface area contributed by atoms with Crippen LogP contribution in [-0.4, -0.2) is 56.3 Å². The SMILES string of the molecule is CCC(O)CN(CC1CO1)c1ccc(OCCC2CO2)cc1. The number of rotatable bonds is 10. The second kappa shape index (κ2) is 7.31. The van der Waals surface area contributed by atoms with Crippen molar-refractivity contribution in [1.82, 2.24) is 0 Å². The van der Waals surface area contributed by atoms with E-state index in [1.165, 1.54) is 0 Å². The van der Waals surface area contributed by atoms with E-state index in [2.05, 4.69) is 4.90 Å². The monoisotopic (exact) mass is 307 g/mol. The Kier molecular flexibility index (Phi) is 5.18. The van der Waals surface area contributed by atoms with E-state index in [1.54, 1.807) is 0 Å². The molecule has 2 saturated heterocycles. The second-order valence-corrected chi connectivity index (χ2v) is 6.01. The number of hydrogen-bond donors (Lipinski definition) is 1. The number of benzene rings is 1. The standard InChI is InChI=1S/C17H25NO4/c1-2-14(19)9-18(10-17-12-22-17)13-3-5-15(6-4-13)20-8-7-16-11-21-16/h3-6,14,16-17,19H,2,7-12H2,1H3. The average Bonchev–Trinajstić information content (AvgIpc) is 3.42. The number of epoxide rings is 2. The number of aliphatic hydroxyl groups is 1. The summed E-state index contributed by atoms with van der Waals surface area (Å²) in [5.41, 5.74) is 1.10. The van der Waals surface area contributed by atoms with Crippen molar-refractivity contribution in [2.24, 2.45) is 0 Å². The smallest absolute Gasteiger partial charge is 0.119 e. The van der Waals surface area contributed by atoms with E-state index in [-0.39, 0.29) is 6.10 Å². The molecule has 1 aromatic rings. The van der Waals surface area contributed by atoms with Gasteiger partial charge in [-0.3, -0.25) is 0 Å². The highest BCUT2D eigenvalue weighted by Gasteiger charge is 2.26. The molecule has 22 heavy (non-hydrogen) atoms. The highest BCUT2D eigenvalue weighted by atomic mass is 16.6. The lowest BCUT2D eigenvalue weighted by Gasteiger charge is -2.26. The largest absolute Gasteiger partial charge is 0.493 e. The Labute approximate surface area is 131 Å². The maximum absolute atomic E-state index is 9.93. The minimum Gasteiger partial charge on any atom is -0.493 e. The molecule has 0 saturated carbocycles. The summed E-state index contributed by atoms with van der Waals surface area (Å²) in [7, 11) is 0. The van der Waals surface area contributed by atoms with Crippen LogP contribution in [0.1, 0.15) is 19.8 Å². The third kappa shape index (κ3) is 4.87. The van der Waals surface area contributed by atoms with Crippen molar-refractivity contribution in [3.8, 4) is 5.75 Å². The lowest BCUT2D eigenvalue weighted by Crippen LogP contribution is -2.35. The van der Waals surface area contributed by atoms with Crippen LogP contribution >= 0.6 is 0 Å². The van der Waals surface area contributed by atoms with Crippen molar-refractivity contribution in [3.63, 3.8) is 0 Å². The van der Waals surface area contributed by atoms with Gasteiger partial charge in [0.1, 0.15) is 5.75 Å². The molecule has 3 rings (SSSR count). The van der Waals surface area contributed by atoms with Gasteiger partial charge < -0.3 is 24.2 Å². The van der Waals surface area contributed by atoms with E-state index < -0.39 is 0 Å². The fourth-order valence-corrected chi connectivity index (χ4v) is 2.38. The van der Waals surface area contributed by atoms with Gasteiger partial charge in [-0.2, -0.15) is 0 Å². The zero-order chi connectivity index (χ0) is 15.4. The fourth-order valence-electron chi connectivity index (χ4n) is 2.38. The van der Waals surface area contributed by atoms with Crippen molar-refractivity contribution in [2.75, 3.05) is 37.8 Å². The van der Waals surface area contributed by atoms with Crippen molar-refractivity contribution in [3.05, 3.63) is 24.3 Å². The highest BCUT2D eigenvalue weighted by Crippen LogP contribution is 2.23. The second-order valence-electron chi connectivity index (χ2n) is 6.01. The number of ether oxygens (including phenoxy) is 3. The van der Waals surface area contributed by atoms with E-state index in [1.807, 2.05) is 31.2 Å². The van der Waals surface area contributed by atoms with Crippen molar-refractivity contribution >= 4 is 5.69 Å². The molecule has 5 nitrogen and oxygen atoms in total. The number of nitrogens with zero attached hydrogens (tertiary/aromatic N) is 1. The Bertz CT molecular complexity index is 456. The van der Waals surface area contributed by atoms with Crippen LogP contribution in [-0.2, 0) is 9.47 Å². The van der Waals surface area contributed by atoms with Crippen LogP contribution in [0.15, 0.2) is 24.3 Å². The van der Waals surface area contributed by atoms with E-state index in [0.29, 0.717) is 25.4 Å². The first-order valence-electron chi connectivity index (χ1n) is 8.13. The molecule has 122 valence electrons. The average molecular weight is 307 g/mol. The Morgan fingerprint density at radius 2 is 1.91 bits per heavy atom. The van der Waals surface area contributed by atoms with Crippen LogP contribution in [0.2, 0.25) is 0 Å². The van der Waals surface area contributed by atoms with Crippen molar-refractivity contribution in [1.29, 1.82) is 0 Å². The van der Waals surface area contributed by atoms with Gasteiger partial charge in [-0.15, -0.1) is 0 Å². The first kappa shape index (κ1) is 15.6. The van der Waals surface area contributed by atoms with Gasteiger partial charge in [0.05, 0.1) is 38.1 Å². The number of anilines is 1. The number of aliphatic hydroxyl groups excluding tert-OH is 1. The molecule has 1 N–H and O–H groups in total. The topological polar surface area (TPSA) is 57.8 Å². The molecule has 3 atom stereocenters. The summed E-state index contributed by atoms with van der Waals surface area (Å²) < 4.78 is 16.2. The minimum atomic E-state index is -0.312. The Balaban J connectivity index is 1.54. The molecule has 5 heteroatoms. The maximum atomic E-state index is 9.93. The number of hydrogen-bond acceptors (Lipinski definition) is 5. The summed E-state index contributed by atoms with van der Waals surface area (Å²) >= 11 is 0. The van der Waals surface area contributed by atoms with Gasteiger partial charge >= 0.3 is 0 Å². The third-order valence-electron chi connectivity index (χ3n) is 4.04. The highest BCUT2D eigenvalue weighted by molar-refractivity contribution is 5.49. The molecule has 0 aromatic heterocycles. The molecule has 0 aliphatic carbocycles. The predicted octanol–water partition coefficient (Wildman–Crippen LogP) is 1.83. The van der Waals surface area contributed by atoms with Gasteiger partial charge in [0, 0.05) is 25.2 Å². The Hall–Kier alpha value is -1.30. The molecule has 0 radical (unpaired) electrons. The Morgan fingerprint density at radius 3 is 2.50 bits per heavy atom. The van der Waals surface area contributed by atoms with Crippen LogP contribution in [0, 0.1) is 0 Å². The summed E-state index contributed by atoms with van der Waals surface area (Å²) in [6.45, 7) is 5.85. The zero-order valence-electron chi connectivity index (χ0n) is 13.1. The van der Waals surface area contributed by atoms with Crippen LogP contribution < -0.4 is 9.64 Å². The first-order chi connectivity index (χ1) is 10.7. The van der Waals surface area contributed by atoms with Gasteiger partial charge in [-0.05, 0) is 30.7 Å². The normalized spacial score (nSPS) is 23.9. The van der Waals surface area contributed by atoms with Crippen LogP contribution in [0.25, 0.3) is 0 Å². The minimum absolute atomic E-state index is 0.304. The van der Waals surface area contributed by atoms with E-state index in [4.69, 9.17) is 14.2 Å². The molecule has 2 fully saturated rings. The first-order valence-corrected chi connectivity index (χ1v) is 8.13. The van der Waals surface area contributed by atoms with Crippen LogP contribution in [0.3, 0.4) is 0 Å². The summed E-state index contributed by atoms with van der Waals surface area (Å²) in [5, 5.41) is 9.93. The summed E-state index contributed by atoms with van der Waals surface area (Å²) in [6.07, 6.45) is 2.11. The Morgan fingerprint density at radius 1 is 1.23 bits per heavy atom. The zero-order valence-corrected chi connectivity index (χ0v) is 13.1. The molecule has 1 aromatic carbocycles. The summed E-state index contributed by atoms with van der Waals surface area (Å²) in [4.78, 5) is 2.19. The molecular weight excluding hydrogens is 282 g/mol. The van der Waals surface area contributed by atoms with E-state index in [9.17, 15) is 5.11 Å². The van der Waals surface area contributed by atoms with Gasteiger partial charge in [-0.25, -0.2) is 0 Å². The fraction of sp³-hybridized carbons (Fsp3) is 0.647. The summed E-state index contributed by atoms with van der Waals surface area (Å²) in [5.74, 6) is 0.878. The molecule has 2 heterocycles. The third-order valence-corrected chi connectivity index (χ3v) is 4.04. The quantitative estimate of drug-likeness (QED) is 0.668. The van der Waals surface area contributed by atoms with E-state index >= 15 is 0 Å². The van der Waals surface area contributed by atoms with Crippen LogP contribution in [0.5, 0.6) is 5.75 Å². The molecule has 0 spiro atoms. The molecule has 2 aliphatic rings. The lowest BCUT2D eigenvalue weighted by atomic mass is 10.2. The molecular formula is C17H25NO4. The summed E-state index contributed by atoms with van der Waals surface area (Å²) in [6, 6.07) is 8.08. The van der Waals surface area contributed by atoms with Crippen molar-refractivity contribution < 1.29 is 19.3 Å². The van der Waals surface area contributed by atoms with Gasteiger partial charge in [0.2, 0.25) is 0 Å². The molecule has 3 unspecified atom stereocenters. The van der Waals surface area contributed by atoms with E-state index in [0.717, 1.165) is 44.0 Å². The van der Waals surface area contributed by atoms with Crippen molar-refractivity contribution in [2.45, 2.75) is 38.1 Å². The molecule has 2 aliphatic heterocycles.